The molecule has 1 unspecified atom stereocenters. The number of nitrogens with zero attached hydrogens (tertiary/aromatic N) is 1. The maximum atomic E-state index is 10.2. The number of halogens is 1. The van der Waals surface area contributed by atoms with Gasteiger partial charge in [0.2, 0.25) is 0 Å². The molecule has 2 nitrogen and oxygen atoms in total. The minimum absolute atomic E-state index is 0. The molecule has 1 aliphatic rings. The molecule has 0 saturated carbocycles. The third-order valence-corrected chi connectivity index (χ3v) is 4.03. The Morgan fingerprint density at radius 1 is 1.09 bits per heavy atom. The minimum atomic E-state index is -0.386. The SMILES string of the molecule is CC1(C)Cc2nc(C=Cc3ccccc3)ccc2C(O)C1.Cl. The van der Waals surface area contributed by atoms with Gasteiger partial charge in [-0.05, 0) is 36.0 Å². The number of aliphatic hydroxyl groups excluding tert-OH is 1. The van der Waals surface area contributed by atoms with Crippen LogP contribution in [-0.4, -0.2) is 10.1 Å². The van der Waals surface area contributed by atoms with Crippen molar-refractivity contribution < 1.29 is 5.11 Å². The van der Waals surface area contributed by atoms with Crippen LogP contribution in [0.25, 0.3) is 12.2 Å². The van der Waals surface area contributed by atoms with E-state index in [4.69, 9.17) is 4.98 Å². The van der Waals surface area contributed by atoms with Crippen molar-refractivity contribution in [3.05, 3.63) is 65.0 Å². The number of hydrogen-bond acceptors (Lipinski definition) is 2. The van der Waals surface area contributed by atoms with Crippen LogP contribution in [0, 0.1) is 5.41 Å². The lowest BCUT2D eigenvalue weighted by Crippen LogP contribution is -2.26. The number of fused-ring (bicyclic) bond motifs is 1. The summed E-state index contributed by atoms with van der Waals surface area (Å²) in [4.78, 5) is 4.73. The van der Waals surface area contributed by atoms with Crippen LogP contribution in [0.4, 0.5) is 0 Å². The third-order valence-electron chi connectivity index (χ3n) is 4.03. The first-order valence-electron chi connectivity index (χ1n) is 7.45. The minimum Gasteiger partial charge on any atom is -0.388 e. The van der Waals surface area contributed by atoms with E-state index in [-0.39, 0.29) is 23.9 Å². The number of rotatable bonds is 2. The lowest BCUT2D eigenvalue weighted by molar-refractivity contribution is 0.0982. The second kappa shape index (κ2) is 6.64. The average Bonchev–Trinajstić information content (AvgIpc) is 2.44. The summed E-state index contributed by atoms with van der Waals surface area (Å²) in [6.45, 7) is 4.38. The van der Waals surface area contributed by atoms with Gasteiger partial charge >= 0.3 is 0 Å². The van der Waals surface area contributed by atoms with Crippen LogP contribution in [-0.2, 0) is 6.42 Å². The van der Waals surface area contributed by atoms with Gasteiger partial charge in [0.15, 0.2) is 0 Å². The number of hydrogen-bond donors (Lipinski definition) is 1. The zero-order valence-electron chi connectivity index (χ0n) is 13.0. The molecule has 116 valence electrons. The summed E-state index contributed by atoms with van der Waals surface area (Å²) >= 11 is 0. The van der Waals surface area contributed by atoms with Crippen LogP contribution in [0.2, 0.25) is 0 Å². The van der Waals surface area contributed by atoms with Crippen molar-refractivity contribution in [3.63, 3.8) is 0 Å². The summed E-state index contributed by atoms with van der Waals surface area (Å²) < 4.78 is 0. The van der Waals surface area contributed by atoms with E-state index in [1.54, 1.807) is 0 Å². The monoisotopic (exact) mass is 315 g/mol. The Bertz CT molecular complexity index is 664. The van der Waals surface area contributed by atoms with Crippen molar-refractivity contribution in [2.24, 2.45) is 5.41 Å². The lowest BCUT2D eigenvalue weighted by atomic mass is 9.75. The summed E-state index contributed by atoms with van der Waals surface area (Å²) in [5, 5.41) is 10.2. The molecule has 1 N–H and O–H groups in total. The normalized spacial score (nSPS) is 19.5. The molecule has 0 fully saturated rings. The van der Waals surface area contributed by atoms with E-state index in [1.807, 2.05) is 36.4 Å². The molecule has 1 aromatic heterocycles. The molecule has 22 heavy (non-hydrogen) atoms. The molecule has 0 saturated heterocycles. The number of aliphatic hydroxyl groups is 1. The van der Waals surface area contributed by atoms with E-state index in [0.29, 0.717) is 0 Å². The molecule has 3 rings (SSSR count). The smallest absolute Gasteiger partial charge is 0.0812 e. The topological polar surface area (TPSA) is 33.1 Å². The molecule has 0 bridgehead atoms. The van der Waals surface area contributed by atoms with Gasteiger partial charge in [0.25, 0.3) is 0 Å². The van der Waals surface area contributed by atoms with E-state index in [1.165, 1.54) is 0 Å². The molecule has 1 aromatic carbocycles. The maximum absolute atomic E-state index is 10.2. The summed E-state index contributed by atoms with van der Waals surface area (Å²) in [5.41, 5.74) is 4.25. The number of aromatic nitrogens is 1. The zero-order valence-corrected chi connectivity index (χ0v) is 13.8. The Balaban J connectivity index is 0.00000176. The Morgan fingerprint density at radius 3 is 2.55 bits per heavy atom. The van der Waals surface area contributed by atoms with Gasteiger partial charge in [-0.3, -0.25) is 4.98 Å². The Labute approximate surface area is 138 Å². The van der Waals surface area contributed by atoms with Crippen molar-refractivity contribution in [2.45, 2.75) is 32.8 Å². The molecular weight excluding hydrogens is 294 g/mol. The van der Waals surface area contributed by atoms with Crippen molar-refractivity contribution >= 4 is 24.6 Å². The number of benzene rings is 1. The van der Waals surface area contributed by atoms with E-state index in [2.05, 4.69) is 32.1 Å². The van der Waals surface area contributed by atoms with E-state index in [9.17, 15) is 5.11 Å². The van der Waals surface area contributed by atoms with Crippen LogP contribution >= 0.6 is 12.4 Å². The fraction of sp³-hybridized carbons (Fsp3) is 0.316. The average molecular weight is 316 g/mol. The molecular formula is C19H22ClNO. The zero-order chi connectivity index (χ0) is 14.9. The van der Waals surface area contributed by atoms with Gasteiger partial charge in [0, 0.05) is 11.3 Å². The Kier molecular flexibility index (Phi) is 5.05. The van der Waals surface area contributed by atoms with Crippen LogP contribution < -0.4 is 0 Å². The summed E-state index contributed by atoms with van der Waals surface area (Å²) in [6, 6.07) is 14.2. The standard InChI is InChI=1S/C19H21NO.ClH/c1-19(2)12-17-16(18(21)13-19)11-10-15(20-17)9-8-14-6-4-3-5-7-14;/h3-11,18,21H,12-13H2,1-2H3;1H. The van der Waals surface area contributed by atoms with Crippen LogP contribution in [0.3, 0.4) is 0 Å². The number of pyridine rings is 1. The fourth-order valence-corrected chi connectivity index (χ4v) is 2.97. The van der Waals surface area contributed by atoms with Crippen molar-refractivity contribution in [2.75, 3.05) is 0 Å². The molecule has 1 aliphatic carbocycles. The van der Waals surface area contributed by atoms with Gasteiger partial charge < -0.3 is 5.11 Å². The first-order valence-corrected chi connectivity index (χ1v) is 7.45. The van der Waals surface area contributed by atoms with Crippen LogP contribution in [0.5, 0.6) is 0 Å². The van der Waals surface area contributed by atoms with E-state index in [0.717, 1.165) is 35.4 Å². The van der Waals surface area contributed by atoms with Crippen LogP contribution in [0.15, 0.2) is 42.5 Å². The molecule has 2 aromatic rings. The summed E-state index contributed by atoms with van der Waals surface area (Å²) in [5.74, 6) is 0. The highest BCUT2D eigenvalue weighted by atomic mass is 35.5. The molecule has 1 heterocycles. The van der Waals surface area contributed by atoms with Gasteiger partial charge in [-0.2, -0.15) is 0 Å². The molecule has 0 radical (unpaired) electrons. The van der Waals surface area contributed by atoms with Gasteiger partial charge in [-0.15, -0.1) is 12.4 Å². The molecule has 0 aliphatic heterocycles. The predicted octanol–water partition coefficient (Wildman–Crippen LogP) is 4.68. The fourth-order valence-electron chi connectivity index (χ4n) is 2.97. The highest BCUT2D eigenvalue weighted by Crippen LogP contribution is 2.39. The van der Waals surface area contributed by atoms with Gasteiger partial charge in [0.1, 0.15) is 0 Å². The largest absolute Gasteiger partial charge is 0.388 e. The highest BCUT2D eigenvalue weighted by Gasteiger charge is 2.31. The molecule has 1 atom stereocenters. The van der Waals surface area contributed by atoms with E-state index < -0.39 is 0 Å². The Morgan fingerprint density at radius 2 is 1.82 bits per heavy atom. The van der Waals surface area contributed by atoms with Crippen molar-refractivity contribution in [3.8, 4) is 0 Å². The lowest BCUT2D eigenvalue weighted by Gasteiger charge is -2.33. The van der Waals surface area contributed by atoms with Crippen molar-refractivity contribution in [1.29, 1.82) is 0 Å². The molecule has 3 heteroatoms. The van der Waals surface area contributed by atoms with Crippen molar-refractivity contribution in [1.82, 2.24) is 4.98 Å². The summed E-state index contributed by atoms with van der Waals surface area (Å²) in [6.07, 6.45) is 5.44. The van der Waals surface area contributed by atoms with E-state index >= 15 is 0 Å². The third kappa shape index (κ3) is 3.76. The quantitative estimate of drug-likeness (QED) is 0.873. The first-order chi connectivity index (χ1) is 10.0. The second-order valence-corrected chi connectivity index (χ2v) is 6.58. The maximum Gasteiger partial charge on any atom is 0.0812 e. The van der Waals surface area contributed by atoms with Gasteiger partial charge in [-0.1, -0.05) is 56.3 Å². The second-order valence-electron chi connectivity index (χ2n) is 6.58. The summed E-state index contributed by atoms with van der Waals surface area (Å²) in [7, 11) is 0. The molecule has 0 amide bonds. The first kappa shape index (κ1) is 16.7. The van der Waals surface area contributed by atoms with Gasteiger partial charge in [0.05, 0.1) is 11.8 Å². The highest BCUT2D eigenvalue weighted by molar-refractivity contribution is 5.85. The van der Waals surface area contributed by atoms with Crippen LogP contribution in [0.1, 0.15) is 48.9 Å². The Hall–Kier alpha value is -1.64. The molecule has 0 spiro atoms. The predicted molar refractivity (Wildman–Crippen MR) is 93.9 cm³/mol. The van der Waals surface area contributed by atoms with Gasteiger partial charge in [-0.25, -0.2) is 0 Å².